The van der Waals surface area contributed by atoms with E-state index in [1.165, 1.54) is 17.0 Å². The van der Waals surface area contributed by atoms with Crippen molar-refractivity contribution in [3.05, 3.63) is 24.0 Å². The Balaban J connectivity index is 1.90. The molecule has 0 radical (unpaired) electrons. The highest BCUT2D eigenvalue weighted by Gasteiger charge is 2.21. The lowest BCUT2D eigenvalue weighted by Gasteiger charge is -2.26. The van der Waals surface area contributed by atoms with Gasteiger partial charge in [-0.25, -0.2) is 9.18 Å². The lowest BCUT2D eigenvalue weighted by Crippen LogP contribution is -2.45. The number of urea groups is 1. The number of ether oxygens (including phenoxy) is 1. The van der Waals surface area contributed by atoms with Crippen LogP contribution >= 0.6 is 0 Å². The first-order valence-corrected chi connectivity index (χ1v) is 7.61. The molecule has 1 aromatic carbocycles. The lowest BCUT2D eigenvalue weighted by atomic mass is 9.96. The number of benzene rings is 1. The molecule has 0 unspecified atom stereocenters. The molecule has 126 valence electrons. The molecular formula is C16H22FN3O3. The summed E-state index contributed by atoms with van der Waals surface area (Å²) in [5.74, 6) is -0.556. The van der Waals surface area contributed by atoms with Gasteiger partial charge in [-0.15, -0.1) is 0 Å². The number of likely N-dealkylation sites (N-methyl/N-ethyl adjacent to an activating group) is 1. The molecule has 2 N–H and O–H groups in total. The summed E-state index contributed by atoms with van der Waals surface area (Å²) in [7, 11) is 3.21. The van der Waals surface area contributed by atoms with E-state index in [-0.39, 0.29) is 17.8 Å². The van der Waals surface area contributed by atoms with Crippen molar-refractivity contribution in [3.63, 3.8) is 0 Å². The maximum Gasteiger partial charge on any atom is 0.319 e. The van der Waals surface area contributed by atoms with E-state index in [1.54, 1.807) is 27.1 Å². The molecule has 1 aliphatic rings. The van der Waals surface area contributed by atoms with Gasteiger partial charge in [-0.2, -0.15) is 0 Å². The van der Waals surface area contributed by atoms with Crippen LogP contribution in [0.5, 0.6) is 5.75 Å². The molecule has 1 fully saturated rings. The summed E-state index contributed by atoms with van der Waals surface area (Å²) in [6.07, 6.45) is 3.08. The van der Waals surface area contributed by atoms with E-state index in [1.807, 2.05) is 0 Å². The number of anilines is 1. The number of carbonyl (C=O) groups excluding carboxylic acids is 2. The monoisotopic (exact) mass is 323 g/mol. The summed E-state index contributed by atoms with van der Waals surface area (Å²) in [5.41, 5.74) is 0.297. The fourth-order valence-corrected chi connectivity index (χ4v) is 2.16. The molecular weight excluding hydrogens is 301 g/mol. The van der Waals surface area contributed by atoms with Gasteiger partial charge in [0.15, 0.2) is 11.6 Å². The number of nitrogens with one attached hydrogen (secondary N) is 2. The van der Waals surface area contributed by atoms with Gasteiger partial charge < -0.3 is 20.3 Å². The van der Waals surface area contributed by atoms with E-state index in [2.05, 4.69) is 10.6 Å². The van der Waals surface area contributed by atoms with Crippen molar-refractivity contribution in [1.29, 1.82) is 0 Å². The number of halogens is 1. The van der Waals surface area contributed by atoms with Crippen LogP contribution in [0.4, 0.5) is 14.9 Å². The zero-order valence-corrected chi connectivity index (χ0v) is 13.6. The molecule has 1 saturated carbocycles. The second-order valence-electron chi connectivity index (χ2n) is 5.87. The molecule has 2 rings (SSSR count). The van der Waals surface area contributed by atoms with E-state index in [4.69, 9.17) is 4.74 Å². The molecule has 0 aromatic heterocycles. The summed E-state index contributed by atoms with van der Waals surface area (Å²) >= 11 is 0. The SMILES string of the molecule is C[C@H](NC(=O)Nc1ccc(OC2CCC2)c(F)c1)C(=O)N(C)C. The smallest absolute Gasteiger partial charge is 0.319 e. The Bertz CT molecular complexity index is 588. The number of carbonyl (C=O) groups is 2. The zero-order valence-electron chi connectivity index (χ0n) is 13.6. The van der Waals surface area contributed by atoms with Crippen molar-refractivity contribution in [2.75, 3.05) is 19.4 Å². The van der Waals surface area contributed by atoms with Gasteiger partial charge in [0.1, 0.15) is 6.04 Å². The van der Waals surface area contributed by atoms with Gasteiger partial charge in [0.25, 0.3) is 0 Å². The Hall–Kier alpha value is -2.31. The molecule has 0 bridgehead atoms. The van der Waals surface area contributed by atoms with Gasteiger partial charge in [0.05, 0.1) is 6.10 Å². The summed E-state index contributed by atoms with van der Waals surface area (Å²) < 4.78 is 19.5. The molecule has 6 nitrogen and oxygen atoms in total. The number of amides is 3. The van der Waals surface area contributed by atoms with Crippen molar-refractivity contribution in [3.8, 4) is 5.75 Å². The minimum atomic E-state index is -0.670. The first-order chi connectivity index (χ1) is 10.9. The van der Waals surface area contributed by atoms with Crippen LogP contribution in [0.2, 0.25) is 0 Å². The molecule has 0 aliphatic heterocycles. The number of nitrogens with zero attached hydrogens (tertiary/aromatic N) is 1. The van der Waals surface area contributed by atoms with Gasteiger partial charge in [-0.05, 0) is 38.3 Å². The van der Waals surface area contributed by atoms with Crippen LogP contribution in [0.25, 0.3) is 0 Å². The molecule has 0 saturated heterocycles. The minimum absolute atomic E-state index is 0.0875. The van der Waals surface area contributed by atoms with Crippen molar-refractivity contribution >= 4 is 17.6 Å². The van der Waals surface area contributed by atoms with Gasteiger partial charge in [0.2, 0.25) is 5.91 Å². The van der Waals surface area contributed by atoms with E-state index in [9.17, 15) is 14.0 Å². The van der Waals surface area contributed by atoms with Crippen molar-refractivity contribution in [2.45, 2.75) is 38.3 Å². The standard InChI is InChI=1S/C16H22FN3O3/c1-10(15(21)20(2)3)18-16(22)19-11-7-8-14(13(17)9-11)23-12-5-4-6-12/h7-10,12H,4-6H2,1-3H3,(H2,18,19,22)/t10-/m0/s1. The summed E-state index contributed by atoms with van der Waals surface area (Å²) in [5, 5.41) is 5.00. The molecule has 1 aliphatic carbocycles. The zero-order chi connectivity index (χ0) is 17.0. The van der Waals surface area contributed by atoms with Gasteiger partial charge >= 0.3 is 6.03 Å². The second-order valence-corrected chi connectivity index (χ2v) is 5.87. The highest BCUT2D eigenvalue weighted by molar-refractivity contribution is 5.93. The predicted octanol–water partition coefficient (Wildman–Crippen LogP) is 2.36. The molecule has 1 atom stereocenters. The van der Waals surface area contributed by atoms with Crippen LogP contribution in [-0.2, 0) is 4.79 Å². The molecule has 0 spiro atoms. The largest absolute Gasteiger partial charge is 0.487 e. The third-order valence-electron chi connectivity index (χ3n) is 3.69. The summed E-state index contributed by atoms with van der Waals surface area (Å²) in [6, 6.07) is 3.02. The third kappa shape index (κ3) is 4.58. The average Bonchev–Trinajstić information content (AvgIpc) is 2.43. The fourth-order valence-electron chi connectivity index (χ4n) is 2.16. The Morgan fingerprint density at radius 1 is 1.35 bits per heavy atom. The topological polar surface area (TPSA) is 70.7 Å². The Labute approximate surface area is 135 Å². The lowest BCUT2D eigenvalue weighted by molar-refractivity contribution is -0.130. The molecule has 23 heavy (non-hydrogen) atoms. The second kappa shape index (κ2) is 7.30. The quantitative estimate of drug-likeness (QED) is 0.874. The number of rotatable bonds is 5. The van der Waals surface area contributed by atoms with E-state index < -0.39 is 17.9 Å². The number of hydrogen-bond donors (Lipinski definition) is 2. The van der Waals surface area contributed by atoms with Crippen LogP contribution in [-0.4, -0.2) is 43.1 Å². The normalized spacial score (nSPS) is 15.3. The maximum atomic E-state index is 14.0. The van der Waals surface area contributed by atoms with Gasteiger partial charge in [-0.1, -0.05) is 0 Å². The first kappa shape index (κ1) is 17.1. The Morgan fingerprint density at radius 2 is 2.04 bits per heavy atom. The fraction of sp³-hybridized carbons (Fsp3) is 0.500. The van der Waals surface area contributed by atoms with Gasteiger partial charge in [0, 0.05) is 25.8 Å². The Kier molecular flexibility index (Phi) is 5.41. The van der Waals surface area contributed by atoms with Crippen molar-refractivity contribution < 1.29 is 18.7 Å². The van der Waals surface area contributed by atoms with E-state index in [0.29, 0.717) is 5.69 Å². The summed E-state index contributed by atoms with van der Waals surface area (Å²) in [6.45, 7) is 1.58. The van der Waals surface area contributed by atoms with Crippen LogP contribution in [0.1, 0.15) is 26.2 Å². The average molecular weight is 323 g/mol. The first-order valence-electron chi connectivity index (χ1n) is 7.61. The predicted molar refractivity (Wildman–Crippen MR) is 85.0 cm³/mol. The molecule has 0 heterocycles. The van der Waals surface area contributed by atoms with Crippen LogP contribution in [0.15, 0.2) is 18.2 Å². The van der Waals surface area contributed by atoms with E-state index in [0.717, 1.165) is 19.3 Å². The maximum absolute atomic E-state index is 14.0. The van der Waals surface area contributed by atoms with Crippen molar-refractivity contribution in [1.82, 2.24) is 10.2 Å². The van der Waals surface area contributed by atoms with Crippen molar-refractivity contribution in [2.24, 2.45) is 0 Å². The minimum Gasteiger partial charge on any atom is -0.487 e. The number of hydrogen-bond acceptors (Lipinski definition) is 3. The molecule has 3 amide bonds. The van der Waals surface area contributed by atoms with Crippen LogP contribution < -0.4 is 15.4 Å². The Morgan fingerprint density at radius 3 is 2.57 bits per heavy atom. The third-order valence-corrected chi connectivity index (χ3v) is 3.69. The highest BCUT2D eigenvalue weighted by Crippen LogP contribution is 2.28. The van der Waals surface area contributed by atoms with Gasteiger partial charge in [-0.3, -0.25) is 4.79 Å². The van der Waals surface area contributed by atoms with Crippen LogP contribution in [0, 0.1) is 5.82 Å². The van der Waals surface area contributed by atoms with Crippen LogP contribution in [0.3, 0.4) is 0 Å². The molecule has 7 heteroatoms. The molecule has 1 aromatic rings. The summed E-state index contributed by atoms with van der Waals surface area (Å²) in [4.78, 5) is 24.9. The highest BCUT2D eigenvalue weighted by atomic mass is 19.1. The van der Waals surface area contributed by atoms with E-state index >= 15 is 0 Å².